The van der Waals surface area contributed by atoms with E-state index in [2.05, 4.69) is 35.5 Å². The Labute approximate surface area is 178 Å². The predicted octanol–water partition coefficient (Wildman–Crippen LogP) is 2.00. The zero-order valence-electron chi connectivity index (χ0n) is 16.8. The summed E-state index contributed by atoms with van der Waals surface area (Å²) in [6.07, 6.45) is 0. The number of carbonyl (C=O) groups excluding carboxylic acids is 1. The minimum Gasteiger partial charge on any atom is -0.486 e. The standard InChI is InChI=1S/C19H30N4O3.HI/c1-6-20-18(21-12-17(24)23(4)5)22-13-19(2,3)14-7-8-15-16(11-14)26-10-9-25-15;/h7-8,11H,6,9-10,12-13H2,1-5H3,(H2,20,21,22);1H. The second-order valence-electron chi connectivity index (χ2n) is 7.08. The number of carbonyl (C=O) groups is 1. The molecular weight excluding hydrogens is 459 g/mol. The molecule has 7 nitrogen and oxygen atoms in total. The first-order valence-corrected chi connectivity index (χ1v) is 8.96. The number of aliphatic imine (C=N–C) groups is 1. The summed E-state index contributed by atoms with van der Waals surface area (Å²) in [4.78, 5) is 17.6. The first-order valence-electron chi connectivity index (χ1n) is 8.96. The Morgan fingerprint density at radius 2 is 1.85 bits per heavy atom. The average Bonchev–Trinajstić information content (AvgIpc) is 2.63. The van der Waals surface area contributed by atoms with E-state index in [-0.39, 0.29) is 41.8 Å². The number of hydrogen-bond acceptors (Lipinski definition) is 4. The minimum absolute atomic E-state index is 0. The van der Waals surface area contributed by atoms with Gasteiger partial charge in [0, 0.05) is 32.6 Å². The summed E-state index contributed by atoms with van der Waals surface area (Å²) in [6, 6.07) is 6.06. The molecule has 0 saturated heterocycles. The monoisotopic (exact) mass is 490 g/mol. The molecule has 0 atom stereocenters. The molecule has 1 aromatic rings. The molecule has 8 heteroatoms. The van der Waals surface area contributed by atoms with E-state index in [0.29, 0.717) is 25.7 Å². The van der Waals surface area contributed by atoms with Crippen molar-refractivity contribution < 1.29 is 14.3 Å². The lowest BCUT2D eigenvalue weighted by molar-refractivity contribution is -0.127. The van der Waals surface area contributed by atoms with Crippen molar-refractivity contribution in [3.8, 4) is 11.5 Å². The van der Waals surface area contributed by atoms with Crippen LogP contribution < -0.4 is 20.1 Å². The predicted molar refractivity (Wildman–Crippen MR) is 119 cm³/mol. The molecular formula is C19H31IN4O3. The fraction of sp³-hybridized carbons (Fsp3) is 0.579. The van der Waals surface area contributed by atoms with E-state index in [9.17, 15) is 4.79 Å². The molecule has 0 saturated carbocycles. The van der Waals surface area contributed by atoms with Gasteiger partial charge >= 0.3 is 0 Å². The summed E-state index contributed by atoms with van der Waals surface area (Å²) >= 11 is 0. The smallest absolute Gasteiger partial charge is 0.243 e. The molecule has 0 bridgehead atoms. The fourth-order valence-corrected chi connectivity index (χ4v) is 2.50. The van der Waals surface area contributed by atoms with Gasteiger partial charge in [0.1, 0.15) is 19.8 Å². The average molecular weight is 490 g/mol. The highest BCUT2D eigenvalue weighted by molar-refractivity contribution is 14.0. The molecule has 1 aromatic carbocycles. The molecule has 1 amide bonds. The van der Waals surface area contributed by atoms with Gasteiger partial charge in [-0.1, -0.05) is 19.9 Å². The van der Waals surface area contributed by atoms with Crippen molar-refractivity contribution in [1.82, 2.24) is 15.5 Å². The van der Waals surface area contributed by atoms with Crippen LogP contribution in [0, 0.1) is 0 Å². The second-order valence-corrected chi connectivity index (χ2v) is 7.08. The Hall–Kier alpha value is -1.71. The van der Waals surface area contributed by atoms with Crippen LogP contribution in [0.2, 0.25) is 0 Å². The highest BCUT2D eigenvalue weighted by atomic mass is 127. The number of hydrogen-bond donors (Lipinski definition) is 2. The van der Waals surface area contributed by atoms with Gasteiger partial charge in [0.15, 0.2) is 17.5 Å². The van der Waals surface area contributed by atoms with Crippen molar-refractivity contribution in [3.63, 3.8) is 0 Å². The number of nitrogens with zero attached hydrogens (tertiary/aromatic N) is 2. The van der Waals surface area contributed by atoms with Crippen molar-refractivity contribution in [2.75, 3.05) is 46.9 Å². The number of rotatable bonds is 6. The molecule has 0 spiro atoms. The number of benzene rings is 1. The van der Waals surface area contributed by atoms with Gasteiger partial charge in [-0.25, -0.2) is 4.99 Å². The third kappa shape index (κ3) is 6.75. The lowest BCUT2D eigenvalue weighted by Crippen LogP contribution is -2.44. The molecule has 0 aliphatic carbocycles. The SMILES string of the molecule is CCNC(=NCC(=O)N(C)C)NCC(C)(C)c1ccc2c(c1)OCCO2.I. The van der Waals surface area contributed by atoms with Crippen LogP contribution in [0.15, 0.2) is 23.2 Å². The molecule has 1 heterocycles. The van der Waals surface area contributed by atoms with Crippen LogP contribution in [0.1, 0.15) is 26.3 Å². The first-order chi connectivity index (χ1) is 12.3. The number of amides is 1. The molecule has 0 aromatic heterocycles. The second kappa shape index (κ2) is 10.6. The van der Waals surface area contributed by atoms with Crippen molar-refractivity contribution in [2.24, 2.45) is 4.99 Å². The van der Waals surface area contributed by atoms with E-state index in [1.807, 2.05) is 19.1 Å². The highest BCUT2D eigenvalue weighted by Gasteiger charge is 2.24. The number of ether oxygens (including phenoxy) is 2. The van der Waals surface area contributed by atoms with Crippen LogP contribution in [-0.4, -0.2) is 63.7 Å². The lowest BCUT2D eigenvalue weighted by Gasteiger charge is -2.28. The third-order valence-corrected chi connectivity index (χ3v) is 4.24. The van der Waals surface area contributed by atoms with Gasteiger partial charge in [0.25, 0.3) is 0 Å². The Morgan fingerprint density at radius 3 is 2.48 bits per heavy atom. The van der Waals surface area contributed by atoms with E-state index < -0.39 is 0 Å². The molecule has 2 N–H and O–H groups in total. The molecule has 2 rings (SSSR count). The largest absolute Gasteiger partial charge is 0.486 e. The molecule has 1 aliphatic heterocycles. The van der Waals surface area contributed by atoms with Gasteiger partial charge in [-0.2, -0.15) is 0 Å². The summed E-state index contributed by atoms with van der Waals surface area (Å²) < 4.78 is 11.3. The van der Waals surface area contributed by atoms with Crippen LogP contribution in [0.5, 0.6) is 11.5 Å². The summed E-state index contributed by atoms with van der Waals surface area (Å²) in [5, 5.41) is 6.50. The van der Waals surface area contributed by atoms with Gasteiger partial charge in [-0.15, -0.1) is 24.0 Å². The summed E-state index contributed by atoms with van der Waals surface area (Å²) in [6.45, 7) is 8.97. The van der Waals surface area contributed by atoms with Gasteiger partial charge in [0.2, 0.25) is 5.91 Å². The number of fused-ring (bicyclic) bond motifs is 1. The first kappa shape index (κ1) is 23.3. The number of nitrogens with one attached hydrogen (secondary N) is 2. The number of guanidine groups is 1. The maximum Gasteiger partial charge on any atom is 0.243 e. The Bertz CT molecular complexity index is 662. The van der Waals surface area contributed by atoms with E-state index in [1.54, 1.807) is 14.1 Å². The third-order valence-electron chi connectivity index (χ3n) is 4.24. The maximum atomic E-state index is 11.7. The highest BCUT2D eigenvalue weighted by Crippen LogP contribution is 2.34. The van der Waals surface area contributed by atoms with Crippen LogP contribution in [-0.2, 0) is 10.2 Å². The molecule has 152 valence electrons. The van der Waals surface area contributed by atoms with Crippen LogP contribution >= 0.6 is 24.0 Å². The molecule has 1 aliphatic rings. The van der Waals surface area contributed by atoms with E-state index in [1.165, 1.54) is 4.90 Å². The Kier molecular flexibility index (Phi) is 9.14. The van der Waals surface area contributed by atoms with Crippen molar-refractivity contribution in [1.29, 1.82) is 0 Å². The zero-order chi connectivity index (χ0) is 19.2. The van der Waals surface area contributed by atoms with Gasteiger partial charge in [0.05, 0.1) is 0 Å². The maximum absolute atomic E-state index is 11.7. The number of likely N-dealkylation sites (N-methyl/N-ethyl adjacent to an activating group) is 1. The summed E-state index contributed by atoms with van der Waals surface area (Å²) in [5.74, 6) is 2.18. The van der Waals surface area contributed by atoms with Crippen molar-refractivity contribution in [3.05, 3.63) is 23.8 Å². The van der Waals surface area contributed by atoms with Crippen LogP contribution in [0.3, 0.4) is 0 Å². The number of halogens is 1. The van der Waals surface area contributed by atoms with Gasteiger partial charge < -0.3 is 25.0 Å². The summed E-state index contributed by atoms with van der Waals surface area (Å²) in [5.41, 5.74) is 0.992. The zero-order valence-corrected chi connectivity index (χ0v) is 19.1. The van der Waals surface area contributed by atoms with E-state index >= 15 is 0 Å². The summed E-state index contributed by atoms with van der Waals surface area (Å²) in [7, 11) is 3.45. The lowest BCUT2D eigenvalue weighted by atomic mass is 9.84. The fourth-order valence-electron chi connectivity index (χ4n) is 2.50. The quantitative estimate of drug-likeness (QED) is 0.363. The van der Waals surface area contributed by atoms with E-state index in [0.717, 1.165) is 23.6 Å². The van der Waals surface area contributed by atoms with E-state index in [4.69, 9.17) is 9.47 Å². The van der Waals surface area contributed by atoms with Crippen LogP contribution in [0.4, 0.5) is 0 Å². The topological polar surface area (TPSA) is 75.2 Å². The molecule has 0 unspecified atom stereocenters. The molecule has 27 heavy (non-hydrogen) atoms. The molecule has 0 fully saturated rings. The Balaban J connectivity index is 0.00000364. The van der Waals surface area contributed by atoms with Crippen molar-refractivity contribution in [2.45, 2.75) is 26.2 Å². The Morgan fingerprint density at radius 1 is 1.19 bits per heavy atom. The van der Waals surface area contributed by atoms with Gasteiger partial charge in [-0.3, -0.25) is 4.79 Å². The van der Waals surface area contributed by atoms with Crippen molar-refractivity contribution >= 4 is 35.8 Å². The van der Waals surface area contributed by atoms with Crippen LogP contribution in [0.25, 0.3) is 0 Å². The normalized spacial score (nSPS) is 13.4. The van der Waals surface area contributed by atoms with Gasteiger partial charge in [-0.05, 0) is 24.6 Å². The minimum atomic E-state index is -0.155. The molecule has 0 radical (unpaired) electrons.